The summed E-state index contributed by atoms with van der Waals surface area (Å²) >= 11 is 0. The SMILES string of the molecule is CN(C)C/C=C/C(=O)Nc1cc(-c2cnc3[nH]cc(-c4ccnc5c4C=CC5)c3c2)cc(C(F)(F)F)c1. The van der Waals surface area contributed by atoms with Gasteiger partial charge in [-0.2, -0.15) is 13.2 Å². The Morgan fingerprint density at radius 3 is 2.76 bits per heavy atom. The number of nitrogens with zero attached hydrogens (tertiary/aromatic N) is 3. The average Bonchev–Trinajstić information content (AvgIpc) is 3.49. The maximum absolute atomic E-state index is 13.7. The fourth-order valence-electron chi connectivity index (χ4n) is 4.36. The monoisotopic (exact) mass is 503 g/mol. The zero-order valence-corrected chi connectivity index (χ0v) is 20.2. The van der Waals surface area contributed by atoms with E-state index in [0.29, 0.717) is 23.3 Å². The van der Waals surface area contributed by atoms with Gasteiger partial charge in [-0.1, -0.05) is 18.2 Å². The molecule has 1 aliphatic rings. The molecular formula is C28H24F3N5O. The lowest BCUT2D eigenvalue weighted by Crippen LogP contribution is -2.13. The van der Waals surface area contributed by atoms with E-state index in [9.17, 15) is 18.0 Å². The van der Waals surface area contributed by atoms with E-state index < -0.39 is 17.6 Å². The Morgan fingerprint density at radius 1 is 1.14 bits per heavy atom. The molecule has 37 heavy (non-hydrogen) atoms. The molecule has 9 heteroatoms. The second kappa shape index (κ2) is 9.67. The Kier molecular flexibility index (Phi) is 6.39. The van der Waals surface area contributed by atoms with E-state index in [1.165, 1.54) is 18.3 Å². The maximum atomic E-state index is 13.7. The van der Waals surface area contributed by atoms with Crippen LogP contribution < -0.4 is 5.32 Å². The number of fused-ring (bicyclic) bond motifs is 2. The number of carbonyl (C=O) groups excluding carboxylic acids is 1. The van der Waals surface area contributed by atoms with Crippen LogP contribution in [-0.4, -0.2) is 46.4 Å². The summed E-state index contributed by atoms with van der Waals surface area (Å²) in [6, 6.07) is 7.26. The van der Waals surface area contributed by atoms with E-state index in [1.807, 2.05) is 49.5 Å². The van der Waals surface area contributed by atoms with Gasteiger partial charge in [-0.05, 0) is 55.6 Å². The molecule has 0 bridgehead atoms. The van der Waals surface area contributed by atoms with Gasteiger partial charge in [0.15, 0.2) is 0 Å². The molecule has 0 spiro atoms. The first-order valence-corrected chi connectivity index (χ1v) is 11.7. The van der Waals surface area contributed by atoms with Crippen LogP contribution in [0.4, 0.5) is 18.9 Å². The largest absolute Gasteiger partial charge is 0.416 e. The molecule has 0 unspecified atom stereocenters. The fraction of sp³-hybridized carbons (Fsp3) is 0.179. The number of hydrogen-bond donors (Lipinski definition) is 2. The molecule has 6 nitrogen and oxygen atoms in total. The number of carbonyl (C=O) groups is 1. The van der Waals surface area contributed by atoms with Crippen LogP contribution in [0.3, 0.4) is 0 Å². The number of amides is 1. The van der Waals surface area contributed by atoms with E-state index in [0.717, 1.165) is 46.3 Å². The van der Waals surface area contributed by atoms with Gasteiger partial charge < -0.3 is 15.2 Å². The number of nitrogens with one attached hydrogen (secondary N) is 2. The summed E-state index contributed by atoms with van der Waals surface area (Å²) in [5.41, 5.74) is 4.49. The second-order valence-electron chi connectivity index (χ2n) is 9.10. The van der Waals surface area contributed by atoms with Crippen molar-refractivity contribution >= 4 is 28.7 Å². The molecule has 3 aromatic heterocycles. The van der Waals surface area contributed by atoms with Gasteiger partial charge in [0.25, 0.3) is 0 Å². The number of benzene rings is 1. The van der Waals surface area contributed by atoms with Gasteiger partial charge in [-0.15, -0.1) is 0 Å². The van der Waals surface area contributed by atoms with Crippen LogP contribution >= 0.6 is 0 Å². The van der Waals surface area contributed by atoms with E-state index >= 15 is 0 Å². The molecule has 0 saturated heterocycles. The van der Waals surface area contributed by atoms with Crippen molar-refractivity contribution in [1.82, 2.24) is 19.9 Å². The third-order valence-corrected chi connectivity index (χ3v) is 6.09. The summed E-state index contributed by atoms with van der Waals surface area (Å²) in [5, 5.41) is 3.33. The predicted octanol–water partition coefficient (Wildman–Crippen LogP) is 5.94. The van der Waals surface area contributed by atoms with Crippen LogP contribution in [0.15, 0.2) is 67.2 Å². The van der Waals surface area contributed by atoms with Crippen molar-refractivity contribution in [3.63, 3.8) is 0 Å². The van der Waals surface area contributed by atoms with Crippen molar-refractivity contribution in [3.8, 4) is 22.3 Å². The van der Waals surface area contributed by atoms with Crippen molar-refractivity contribution in [3.05, 3.63) is 84.0 Å². The number of pyridine rings is 2. The van der Waals surface area contributed by atoms with Gasteiger partial charge in [-0.3, -0.25) is 9.78 Å². The quantitative estimate of drug-likeness (QED) is 0.320. The smallest absolute Gasteiger partial charge is 0.346 e. The Morgan fingerprint density at radius 2 is 1.97 bits per heavy atom. The molecule has 0 atom stereocenters. The predicted molar refractivity (Wildman–Crippen MR) is 139 cm³/mol. The van der Waals surface area contributed by atoms with E-state index in [4.69, 9.17) is 0 Å². The third-order valence-electron chi connectivity index (χ3n) is 6.09. The Balaban J connectivity index is 1.55. The van der Waals surface area contributed by atoms with Gasteiger partial charge in [0, 0.05) is 65.4 Å². The molecule has 0 radical (unpaired) electrons. The Bertz CT molecular complexity index is 1550. The summed E-state index contributed by atoms with van der Waals surface area (Å²) in [6.45, 7) is 0.530. The molecule has 3 heterocycles. The van der Waals surface area contributed by atoms with E-state index in [-0.39, 0.29) is 5.69 Å². The number of hydrogen-bond acceptors (Lipinski definition) is 4. The molecule has 1 aliphatic carbocycles. The maximum Gasteiger partial charge on any atom is 0.416 e. The van der Waals surface area contributed by atoms with Crippen molar-refractivity contribution in [1.29, 1.82) is 0 Å². The fourth-order valence-corrected chi connectivity index (χ4v) is 4.36. The number of H-pyrrole nitrogens is 1. The highest BCUT2D eigenvalue weighted by molar-refractivity contribution is 6.00. The molecule has 4 aromatic rings. The molecule has 0 fully saturated rings. The highest BCUT2D eigenvalue weighted by Gasteiger charge is 2.31. The highest BCUT2D eigenvalue weighted by atomic mass is 19.4. The van der Waals surface area contributed by atoms with Gasteiger partial charge in [0.1, 0.15) is 5.65 Å². The summed E-state index contributed by atoms with van der Waals surface area (Å²) in [5.74, 6) is -0.506. The Labute approximate surface area is 211 Å². The van der Waals surface area contributed by atoms with Crippen molar-refractivity contribution in [2.45, 2.75) is 12.6 Å². The average molecular weight is 504 g/mol. The number of aromatic amines is 1. The first-order chi connectivity index (χ1) is 17.7. The van der Waals surface area contributed by atoms with Crippen LogP contribution in [0.1, 0.15) is 16.8 Å². The van der Waals surface area contributed by atoms with Crippen LogP contribution in [0.5, 0.6) is 0 Å². The van der Waals surface area contributed by atoms with Crippen LogP contribution in [0.2, 0.25) is 0 Å². The number of halogens is 3. The number of alkyl halides is 3. The summed E-state index contributed by atoms with van der Waals surface area (Å²) in [7, 11) is 3.70. The lowest BCUT2D eigenvalue weighted by Gasteiger charge is -2.13. The topological polar surface area (TPSA) is 73.9 Å². The molecular weight excluding hydrogens is 479 g/mol. The third kappa shape index (κ3) is 5.17. The molecule has 0 aliphatic heterocycles. The van der Waals surface area contributed by atoms with Gasteiger partial charge in [0.2, 0.25) is 5.91 Å². The van der Waals surface area contributed by atoms with Crippen LogP contribution in [0.25, 0.3) is 39.4 Å². The lowest BCUT2D eigenvalue weighted by molar-refractivity contribution is -0.137. The summed E-state index contributed by atoms with van der Waals surface area (Å²) in [4.78, 5) is 26.2. The molecule has 188 valence electrons. The summed E-state index contributed by atoms with van der Waals surface area (Å²) < 4.78 is 41.2. The van der Waals surface area contributed by atoms with E-state index in [2.05, 4.69) is 20.3 Å². The zero-order chi connectivity index (χ0) is 26.2. The normalized spacial score (nSPS) is 13.1. The highest BCUT2D eigenvalue weighted by Crippen LogP contribution is 2.38. The summed E-state index contributed by atoms with van der Waals surface area (Å²) in [6.07, 6.45) is 8.33. The van der Waals surface area contributed by atoms with Crippen LogP contribution in [0, 0.1) is 0 Å². The molecule has 1 aromatic carbocycles. The van der Waals surface area contributed by atoms with Gasteiger partial charge in [0.05, 0.1) is 11.3 Å². The van der Waals surface area contributed by atoms with Crippen molar-refractivity contribution in [2.75, 3.05) is 26.0 Å². The standard InChI is InChI=1S/C28H24F3N5O/c1-36(2)10-4-7-26(37)35-20-12-17(11-19(14-20)28(29,30)31)18-13-23-24(16-34-27(23)33-15-18)21-8-9-32-25-6-3-5-22(21)25/h3-5,7-9,11-16H,6,10H2,1-2H3,(H,33,34)(H,35,37)/b7-4+. The molecule has 5 rings (SSSR count). The number of rotatable bonds is 6. The minimum absolute atomic E-state index is 0.0517. The number of aromatic nitrogens is 3. The minimum Gasteiger partial charge on any atom is -0.346 e. The zero-order valence-electron chi connectivity index (χ0n) is 20.2. The van der Waals surface area contributed by atoms with Crippen molar-refractivity contribution < 1.29 is 18.0 Å². The van der Waals surface area contributed by atoms with Crippen LogP contribution in [-0.2, 0) is 17.4 Å². The number of allylic oxidation sites excluding steroid dienone is 1. The first kappa shape index (κ1) is 24.5. The van der Waals surface area contributed by atoms with E-state index in [1.54, 1.807) is 12.3 Å². The number of anilines is 1. The van der Waals surface area contributed by atoms with Gasteiger partial charge >= 0.3 is 6.18 Å². The minimum atomic E-state index is -4.59. The lowest BCUT2D eigenvalue weighted by atomic mass is 9.98. The number of likely N-dealkylation sites (N-methyl/N-ethyl adjacent to an activating group) is 1. The second-order valence-corrected chi connectivity index (χ2v) is 9.10. The van der Waals surface area contributed by atoms with Crippen molar-refractivity contribution in [2.24, 2.45) is 0 Å². The molecule has 0 saturated carbocycles. The first-order valence-electron chi connectivity index (χ1n) is 11.7. The molecule has 2 N–H and O–H groups in total. The van der Waals surface area contributed by atoms with Gasteiger partial charge in [-0.25, -0.2) is 4.98 Å². The molecule has 1 amide bonds. The Hall–Kier alpha value is -4.24.